The smallest absolute Gasteiger partial charge is 0.238 e. The molecular weight excluding hydrogens is 363 g/mol. The third-order valence-corrected chi connectivity index (χ3v) is 5.13. The first kappa shape index (κ1) is 17.5. The van der Waals surface area contributed by atoms with Gasteiger partial charge in [-0.05, 0) is 48.4 Å². The van der Waals surface area contributed by atoms with E-state index in [9.17, 15) is 12.8 Å². The maximum atomic E-state index is 14.4. The van der Waals surface area contributed by atoms with E-state index in [1.807, 2.05) is 19.1 Å². The lowest BCUT2D eigenvalue weighted by atomic mass is 9.98. The van der Waals surface area contributed by atoms with Crippen molar-refractivity contribution in [3.8, 4) is 22.4 Å². The number of benzene rings is 2. The molecule has 25 heavy (non-hydrogen) atoms. The van der Waals surface area contributed by atoms with Crippen LogP contribution in [0.5, 0.6) is 0 Å². The summed E-state index contributed by atoms with van der Waals surface area (Å²) < 4.78 is 37.5. The van der Waals surface area contributed by atoms with E-state index in [-0.39, 0.29) is 10.5 Å². The predicted molar refractivity (Wildman–Crippen MR) is 96.2 cm³/mol. The molecule has 0 saturated carbocycles. The second kappa shape index (κ2) is 6.55. The number of rotatable bonds is 3. The molecule has 0 amide bonds. The van der Waals surface area contributed by atoms with Crippen molar-refractivity contribution in [1.29, 1.82) is 0 Å². The van der Waals surface area contributed by atoms with Crippen LogP contribution in [0.1, 0.15) is 5.56 Å². The third-order valence-electron chi connectivity index (χ3n) is 3.81. The number of sulfonamides is 1. The minimum atomic E-state index is -3.96. The molecule has 0 atom stereocenters. The number of aromatic nitrogens is 1. The lowest BCUT2D eigenvalue weighted by molar-refractivity contribution is 0.596. The van der Waals surface area contributed by atoms with Crippen molar-refractivity contribution in [3.05, 3.63) is 71.1 Å². The lowest BCUT2D eigenvalue weighted by Crippen LogP contribution is -2.12. The van der Waals surface area contributed by atoms with Crippen molar-refractivity contribution in [2.24, 2.45) is 5.14 Å². The van der Waals surface area contributed by atoms with Gasteiger partial charge < -0.3 is 0 Å². The Morgan fingerprint density at radius 2 is 1.84 bits per heavy atom. The highest BCUT2D eigenvalue weighted by Gasteiger charge is 2.17. The van der Waals surface area contributed by atoms with Crippen molar-refractivity contribution < 1.29 is 12.8 Å². The van der Waals surface area contributed by atoms with E-state index in [0.29, 0.717) is 16.3 Å². The van der Waals surface area contributed by atoms with Gasteiger partial charge in [0.15, 0.2) is 0 Å². The van der Waals surface area contributed by atoms with Crippen LogP contribution in [0.4, 0.5) is 4.39 Å². The molecule has 7 heteroatoms. The van der Waals surface area contributed by atoms with Gasteiger partial charge in [0.25, 0.3) is 0 Å². The van der Waals surface area contributed by atoms with Gasteiger partial charge in [-0.2, -0.15) is 0 Å². The quantitative estimate of drug-likeness (QED) is 0.745. The molecular formula is C18H14ClFN2O2S. The summed E-state index contributed by atoms with van der Waals surface area (Å²) in [5.74, 6) is -0.592. The van der Waals surface area contributed by atoms with Gasteiger partial charge in [-0.15, -0.1) is 0 Å². The normalized spacial score (nSPS) is 11.5. The van der Waals surface area contributed by atoms with E-state index in [1.165, 1.54) is 12.3 Å². The number of nitrogens with two attached hydrogens (primary N) is 1. The monoisotopic (exact) mass is 376 g/mol. The highest BCUT2D eigenvalue weighted by Crippen LogP contribution is 2.34. The first-order valence-electron chi connectivity index (χ1n) is 7.31. The molecule has 2 aromatic carbocycles. The van der Waals surface area contributed by atoms with Crippen LogP contribution >= 0.6 is 11.6 Å². The SMILES string of the molecule is Cc1ccc(-c2cccnc2-c2cc(S(N)(=O)=O)ccc2F)cc1Cl. The average Bonchev–Trinajstić information content (AvgIpc) is 2.57. The molecule has 0 saturated heterocycles. The number of aryl methyl sites for hydroxylation is 1. The van der Waals surface area contributed by atoms with Gasteiger partial charge in [0, 0.05) is 22.3 Å². The summed E-state index contributed by atoms with van der Waals surface area (Å²) in [4.78, 5) is 4.06. The molecule has 1 heterocycles. The zero-order valence-electron chi connectivity index (χ0n) is 13.2. The number of halogens is 2. The topological polar surface area (TPSA) is 73.0 Å². The minimum Gasteiger partial charge on any atom is -0.255 e. The average molecular weight is 377 g/mol. The van der Waals surface area contributed by atoms with Crippen LogP contribution < -0.4 is 5.14 Å². The van der Waals surface area contributed by atoms with Gasteiger partial charge in [-0.1, -0.05) is 29.8 Å². The Hall–Kier alpha value is -2.28. The summed E-state index contributed by atoms with van der Waals surface area (Å²) in [6, 6.07) is 12.3. The van der Waals surface area contributed by atoms with Gasteiger partial charge >= 0.3 is 0 Å². The molecule has 0 aliphatic rings. The Balaban J connectivity index is 2.25. The van der Waals surface area contributed by atoms with Crippen molar-refractivity contribution in [2.75, 3.05) is 0 Å². The first-order valence-corrected chi connectivity index (χ1v) is 9.24. The maximum Gasteiger partial charge on any atom is 0.238 e. The molecule has 0 fully saturated rings. The Morgan fingerprint density at radius 3 is 2.52 bits per heavy atom. The summed E-state index contributed by atoms with van der Waals surface area (Å²) >= 11 is 6.19. The van der Waals surface area contributed by atoms with Gasteiger partial charge in [-0.25, -0.2) is 17.9 Å². The highest BCUT2D eigenvalue weighted by atomic mass is 35.5. The second-order valence-corrected chi connectivity index (χ2v) is 7.52. The van der Waals surface area contributed by atoms with E-state index < -0.39 is 15.8 Å². The van der Waals surface area contributed by atoms with Crippen LogP contribution in [0, 0.1) is 12.7 Å². The summed E-state index contributed by atoms with van der Waals surface area (Å²) in [5, 5.41) is 5.73. The van der Waals surface area contributed by atoms with Gasteiger partial charge in [0.2, 0.25) is 10.0 Å². The Morgan fingerprint density at radius 1 is 1.08 bits per heavy atom. The number of hydrogen-bond donors (Lipinski definition) is 1. The molecule has 0 aliphatic heterocycles. The van der Waals surface area contributed by atoms with E-state index >= 15 is 0 Å². The highest BCUT2D eigenvalue weighted by molar-refractivity contribution is 7.89. The standard InChI is InChI=1S/C18H14ClFN2O2S/c1-11-4-5-12(9-16(11)19)14-3-2-8-22-18(14)15-10-13(25(21,23)24)6-7-17(15)20/h2-10H,1H3,(H2,21,23,24). The Bertz CT molecular complexity index is 1070. The van der Waals surface area contributed by atoms with Crippen LogP contribution in [0.3, 0.4) is 0 Å². The van der Waals surface area contributed by atoms with Gasteiger partial charge in [0.05, 0.1) is 10.6 Å². The fourth-order valence-electron chi connectivity index (χ4n) is 2.48. The van der Waals surface area contributed by atoms with Crippen molar-refractivity contribution >= 4 is 21.6 Å². The number of nitrogens with zero attached hydrogens (tertiary/aromatic N) is 1. The van der Waals surface area contributed by atoms with E-state index in [2.05, 4.69) is 4.98 Å². The summed E-state index contributed by atoms with van der Waals surface area (Å²) in [5.41, 5.74) is 2.66. The van der Waals surface area contributed by atoms with Gasteiger partial charge in [-0.3, -0.25) is 4.98 Å². The Labute approximate surface area is 150 Å². The predicted octanol–water partition coefficient (Wildman–Crippen LogP) is 4.16. The third kappa shape index (κ3) is 3.56. The van der Waals surface area contributed by atoms with Crippen LogP contribution in [0.2, 0.25) is 5.02 Å². The second-order valence-electron chi connectivity index (χ2n) is 5.55. The zero-order chi connectivity index (χ0) is 18.2. The summed E-state index contributed by atoms with van der Waals surface area (Å²) in [7, 11) is -3.96. The number of pyridine rings is 1. The Kier molecular flexibility index (Phi) is 4.60. The molecule has 0 aliphatic carbocycles. The van der Waals surface area contributed by atoms with Crippen LogP contribution in [0.25, 0.3) is 22.4 Å². The molecule has 128 valence electrons. The summed E-state index contributed by atoms with van der Waals surface area (Å²) in [6.07, 6.45) is 1.51. The van der Waals surface area contributed by atoms with Crippen LogP contribution in [-0.2, 0) is 10.0 Å². The van der Waals surface area contributed by atoms with Crippen molar-refractivity contribution in [1.82, 2.24) is 4.98 Å². The molecule has 0 unspecified atom stereocenters. The molecule has 0 spiro atoms. The van der Waals surface area contributed by atoms with E-state index in [1.54, 1.807) is 18.2 Å². The number of primary sulfonamides is 1. The van der Waals surface area contributed by atoms with Crippen LogP contribution in [-0.4, -0.2) is 13.4 Å². The molecule has 4 nitrogen and oxygen atoms in total. The zero-order valence-corrected chi connectivity index (χ0v) is 14.8. The molecule has 0 radical (unpaired) electrons. The van der Waals surface area contributed by atoms with Gasteiger partial charge in [0.1, 0.15) is 5.82 Å². The summed E-state index contributed by atoms with van der Waals surface area (Å²) in [6.45, 7) is 1.88. The molecule has 0 bridgehead atoms. The lowest BCUT2D eigenvalue weighted by Gasteiger charge is -2.12. The molecule has 2 N–H and O–H groups in total. The van der Waals surface area contributed by atoms with Crippen molar-refractivity contribution in [2.45, 2.75) is 11.8 Å². The van der Waals surface area contributed by atoms with E-state index in [0.717, 1.165) is 23.3 Å². The molecule has 1 aromatic heterocycles. The van der Waals surface area contributed by atoms with Crippen molar-refractivity contribution in [3.63, 3.8) is 0 Å². The largest absolute Gasteiger partial charge is 0.255 e. The van der Waals surface area contributed by atoms with Crippen LogP contribution in [0.15, 0.2) is 59.6 Å². The maximum absolute atomic E-state index is 14.4. The molecule has 3 aromatic rings. The minimum absolute atomic E-state index is 0.0545. The fourth-order valence-corrected chi connectivity index (χ4v) is 3.20. The fraction of sp³-hybridized carbons (Fsp3) is 0.0556. The molecule has 3 rings (SSSR count). The first-order chi connectivity index (χ1) is 11.8. The van der Waals surface area contributed by atoms with E-state index in [4.69, 9.17) is 16.7 Å². The number of hydrogen-bond acceptors (Lipinski definition) is 3.